The van der Waals surface area contributed by atoms with E-state index in [1.807, 2.05) is 6.92 Å². The molecule has 0 amide bonds. The van der Waals surface area contributed by atoms with E-state index >= 15 is 0 Å². The van der Waals surface area contributed by atoms with Crippen LogP contribution in [0.5, 0.6) is 0 Å². The number of halogens is 2. The van der Waals surface area contributed by atoms with Gasteiger partial charge in [0.25, 0.3) is 9.05 Å². The molecule has 0 heterocycles. The van der Waals surface area contributed by atoms with Crippen LogP contribution in [0.1, 0.15) is 30.6 Å². The van der Waals surface area contributed by atoms with Crippen molar-refractivity contribution in [3.63, 3.8) is 0 Å². The molecule has 0 saturated carbocycles. The molecule has 0 aliphatic heterocycles. The van der Waals surface area contributed by atoms with Gasteiger partial charge < -0.3 is 4.74 Å². The van der Waals surface area contributed by atoms with Crippen molar-refractivity contribution < 1.29 is 22.3 Å². The molecule has 0 aliphatic carbocycles. The van der Waals surface area contributed by atoms with Crippen LogP contribution < -0.4 is 0 Å². The molecule has 7 heteroatoms. The number of rotatable bonds is 4. The zero-order chi connectivity index (χ0) is 13.9. The Morgan fingerprint density at radius 1 is 1.50 bits per heavy atom. The van der Waals surface area contributed by atoms with E-state index in [1.165, 1.54) is 0 Å². The van der Waals surface area contributed by atoms with Crippen LogP contribution in [0.15, 0.2) is 23.1 Å². The van der Waals surface area contributed by atoms with Gasteiger partial charge in [-0.2, -0.15) is 0 Å². The van der Waals surface area contributed by atoms with Crippen molar-refractivity contribution in [3.05, 3.63) is 29.6 Å². The third-order valence-electron chi connectivity index (χ3n) is 2.31. The molecule has 0 spiro atoms. The average molecular weight is 295 g/mol. The molecule has 0 N–H and O–H groups in total. The van der Waals surface area contributed by atoms with E-state index in [0.29, 0.717) is 6.42 Å². The highest BCUT2D eigenvalue weighted by atomic mass is 35.7. The fraction of sp³-hybridized carbons (Fsp3) is 0.364. The number of carbonyl (C=O) groups is 1. The lowest BCUT2D eigenvalue weighted by Gasteiger charge is -2.11. The first kappa shape index (κ1) is 14.9. The number of carbonyl (C=O) groups excluding carboxylic acids is 1. The lowest BCUT2D eigenvalue weighted by Crippen LogP contribution is -2.14. The minimum Gasteiger partial charge on any atom is -0.459 e. The van der Waals surface area contributed by atoms with Crippen LogP contribution in [-0.4, -0.2) is 20.5 Å². The van der Waals surface area contributed by atoms with Crippen molar-refractivity contribution in [1.82, 2.24) is 0 Å². The van der Waals surface area contributed by atoms with Gasteiger partial charge >= 0.3 is 5.97 Å². The smallest absolute Gasteiger partial charge is 0.338 e. The topological polar surface area (TPSA) is 60.4 Å². The van der Waals surface area contributed by atoms with E-state index in [2.05, 4.69) is 0 Å². The second-order valence-corrected chi connectivity index (χ2v) is 6.24. The Balaban J connectivity index is 3.10. The van der Waals surface area contributed by atoms with Gasteiger partial charge in [-0.15, -0.1) is 0 Å². The highest BCUT2D eigenvalue weighted by Gasteiger charge is 2.20. The molecule has 0 aromatic heterocycles. The van der Waals surface area contributed by atoms with E-state index in [-0.39, 0.29) is 11.7 Å². The van der Waals surface area contributed by atoms with E-state index in [9.17, 15) is 17.6 Å². The predicted molar refractivity (Wildman–Crippen MR) is 64.6 cm³/mol. The predicted octanol–water partition coefficient (Wildman–Crippen LogP) is 2.71. The van der Waals surface area contributed by atoms with Gasteiger partial charge in [-0.3, -0.25) is 0 Å². The number of benzene rings is 1. The minimum atomic E-state index is -4.23. The van der Waals surface area contributed by atoms with Crippen molar-refractivity contribution in [2.45, 2.75) is 31.3 Å². The Morgan fingerprint density at radius 2 is 2.11 bits per heavy atom. The Morgan fingerprint density at radius 3 is 2.61 bits per heavy atom. The van der Waals surface area contributed by atoms with Crippen LogP contribution in [0.4, 0.5) is 4.39 Å². The Hall–Kier alpha value is -1.14. The van der Waals surface area contributed by atoms with Crippen molar-refractivity contribution in [3.8, 4) is 0 Å². The van der Waals surface area contributed by atoms with E-state index < -0.39 is 25.7 Å². The maximum atomic E-state index is 13.2. The molecule has 1 rings (SSSR count). The van der Waals surface area contributed by atoms with Gasteiger partial charge in [-0.1, -0.05) is 6.92 Å². The quantitative estimate of drug-likeness (QED) is 0.633. The fourth-order valence-electron chi connectivity index (χ4n) is 1.15. The summed E-state index contributed by atoms with van der Waals surface area (Å²) in [7, 11) is 0.820. The van der Waals surface area contributed by atoms with Crippen LogP contribution in [0.3, 0.4) is 0 Å². The first-order valence-electron chi connectivity index (χ1n) is 5.21. The van der Waals surface area contributed by atoms with Gasteiger partial charge in [0.15, 0.2) is 0 Å². The van der Waals surface area contributed by atoms with E-state index in [0.717, 1.165) is 18.2 Å². The molecule has 0 aliphatic rings. The zero-order valence-corrected chi connectivity index (χ0v) is 11.4. The minimum absolute atomic E-state index is 0.0593. The van der Waals surface area contributed by atoms with Gasteiger partial charge in [0.05, 0.1) is 11.7 Å². The first-order chi connectivity index (χ1) is 8.25. The molecule has 1 aromatic carbocycles. The monoisotopic (exact) mass is 294 g/mol. The van der Waals surface area contributed by atoms with Crippen LogP contribution in [0.2, 0.25) is 0 Å². The largest absolute Gasteiger partial charge is 0.459 e. The molecule has 18 heavy (non-hydrogen) atoms. The molecule has 4 nitrogen and oxygen atoms in total. The Kier molecular flexibility index (Phi) is 4.70. The fourth-order valence-corrected chi connectivity index (χ4v) is 2.07. The van der Waals surface area contributed by atoms with Gasteiger partial charge in [0, 0.05) is 10.7 Å². The summed E-state index contributed by atoms with van der Waals surface area (Å²) in [6.07, 6.45) is 0.312. The van der Waals surface area contributed by atoms with Gasteiger partial charge in [-0.05, 0) is 31.5 Å². The first-order valence-corrected chi connectivity index (χ1v) is 7.51. The summed E-state index contributed by atoms with van der Waals surface area (Å²) in [6, 6.07) is 2.87. The third kappa shape index (κ3) is 3.68. The second-order valence-electron chi connectivity index (χ2n) is 3.71. The summed E-state index contributed by atoms with van der Waals surface area (Å²) in [4.78, 5) is 10.9. The summed E-state index contributed by atoms with van der Waals surface area (Å²) in [5.74, 6) is -1.73. The van der Waals surface area contributed by atoms with Crippen LogP contribution in [-0.2, 0) is 13.8 Å². The lowest BCUT2D eigenvalue weighted by molar-refractivity contribution is 0.0334. The second kappa shape index (κ2) is 5.67. The average Bonchev–Trinajstić information content (AvgIpc) is 2.27. The molecule has 0 bridgehead atoms. The highest BCUT2D eigenvalue weighted by molar-refractivity contribution is 8.13. The van der Waals surface area contributed by atoms with E-state index in [1.54, 1.807) is 6.92 Å². The standard InChI is InChI=1S/C11H12ClFO4S/c1-3-7(2)17-11(14)8-4-5-9(13)10(6-8)18(12,15)16/h4-7H,3H2,1-2H3. The summed E-state index contributed by atoms with van der Waals surface area (Å²) in [6.45, 7) is 3.53. The maximum absolute atomic E-state index is 13.2. The van der Waals surface area contributed by atoms with E-state index in [4.69, 9.17) is 15.4 Å². The maximum Gasteiger partial charge on any atom is 0.338 e. The van der Waals surface area contributed by atoms with Crippen molar-refractivity contribution >= 4 is 25.7 Å². The van der Waals surface area contributed by atoms with Crippen molar-refractivity contribution in [2.24, 2.45) is 0 Å². The van der Waals surface area contributed by atoms with Crippen LogP contribution >= 0.6 is 10.7 Å². The van der Waals surface area contributed by atoms with Crippen molar-refractivity contribution in [1.29, 1.82) is 0 Å². The zero-order valence-electron chi connectivity index (χ0n) is 9.81. The molecule has 1 aromatic rings. The number of ether oxygens (including phenoxy) is 1. The van der Waals surface area contributed by atoms with Gasteiger partial charge in [0.2, 0.25) is 0 Å². The Bertz CT molecular complexity index is 556. The molecule has 100 valence electrons. The Labute approximate surface area is 109 Å². The number of esters is 1. The molecular weight excluding hydrogens is 283 g/mol. The molecule has 1 unspecified atom stereocenters. The summed E-state index contributed by atoms with van der Waals surface area (Å²) in [5.41, 5.74) is -0.0593. The lowest BCUT2D eigenvalue weighted by atomic mass is 10.2. The third-order valence-corrected chi connectivity index (χ3v) is 3.65. The molecule has 1 atom stereocenters. The molecule has 0 radical (unpaired) electrons. The summed E-state index contributed by atoms with van der Waals surface area (Å²) in [5, 5.41) is 0. The number of hydrogen-bond donors (Lipinski definition) is 0. The molecule has 0 fully saturated rings. The normalized spacial score (nSPS) is 13.1. The van der Waals surface area contributed by atoms with Gasteiger partial charge in [-0.25, -0.2) is 17.6 Å². The summed E-state index contributed by atoms with van der Waals surface area (Å²) < 4.78 is 40.4. The molecular formula is C11H12ClFO4S. The summed E-state index contributed by atoms with van der Waals surface area (Å²) >= 11 is 0. The van der Waals surface area contributed by atoms with Gasteiger partial charge in [0.1, 0.15) is 10.7 Å². The highest BCUT2D eigenvalue weighted by Crippen LogP contribution is 2.21. The van der Waals surface area contributed by atoms with Crippen LogP contribution in [0, 0.1) is 5.82 Å². The molecule has 0 saturated heterocycles. The van der Waals surface area contributed by atoms with Crippen molar-refractivity contribution in [2.75, 3.05) is 0 Å². The van der Waals surface area contributed by atoms with Crippen LogP contribution in [0.25, 0.3) is 0 Å². The SMILES string of the molecule is CCC(C)OC(=O)c1ccc(F)c(S(=O)(=O)Cl)c1. The number of hydrogen-bond acceptors (Lipinski definition) is 4.